The van der Waals surface area contributed by atoms with E-state index in [9.17, 15) is 27.6 Å². The van der Waals surface area contributed by atoms with Crippen molar-refractivity contribution in [3.05, 3.63) is 59.9 Å². The SMILES string of the molecule is Cc1cc(-c2cc(O[C@@H]3C[C@H]4C(=O)N[C@]5(C(=O)NS(=O)(=O)C6CC6)C[C@H]5/C=C\CCCCC[C@H](NC(=O)OC(C)(C)C)C(=O)N4C3)c3oc4ccccc4c3n2)oc1C. The molecule has 59 heavy (non-hydrogen) atoms. The summed E-state index contributed by atoms with van der Waals surface area (Å²) in [5.74, 6) is -0.808. The van der Waals surface area contributed by atoms with Crippen LogP contribution in [0.5, 0.6) is 5.75 Å². The number of nitrogens with one attached hydrogen (secondary N) is 3. The number of nitrogens with zero attached hydrogens (tertiary/aromatic N) is 2. The number of allylic oxidation sites excluding steroid dienone is 1. The van der Waals surface area contributed by atoms with Gasteiger partial charge in [0.05, 0.1) is 11.8 Å². The van der Waals surface area contributed by atoms with Gasteiger partial charge in [-0.25, -0.2) is 18.2 Å². The van der Waals surface area contributed by atoms with Gasteiger partial charge in [-0.3, -0.25) is 19.1 Å². The topological polar surface area (TPSA) is 199 Å². The predicted molar refractivity (Wildman–Crippen MR) is 218 cm³/mol. The number of pyridine rings is 1. The molecule has 5 heterocycles. The first-order chi connectivity index (χ1) is 28.0. The minimum absolute atomic E-state index is 0.00759. The molecule has 0 bridgehead atoms. The van der Waals surface area contributed by atoms with Crippen LogP contribution in [0.1, 0.15) is 89.9 Å². The number of carbonyl (C=O) groups excluding carboxylic acids is 4. The van der Waals surface area contributed by atoms with Crippen molar-refractivity contribution < 1.29 is 45.9 Å². The number of amides is 4. The number of aryl methyl sites for hydroxylation is 2. The molecule has 4 aromatic rings. The Morgan fingerprint density at radius 3 is 2.54 bits per heavy atom. The van der Waals surface area contributed by atoms with Crippen LogP contribution in [0.25, 0.3) is 33.5 Å². The molecule has 16 heteroatoms. The molecule has 3 fully saturated rings. The summed E-state index contributed by atoms with van der Waals surface area (Å²) in [4.78, 5) is 62.5. The molecular formula is C43H51N5O10S. The lowest BCUT2D eigenvalue weighted by atomic mass is 10.0. The quantitative estimate of drug-likeness (QED) is 0.182. The smallest absolute Gasteiger partial charge is 0.408 e. The van der Waals surface area contributed by atoms with Crippen molar-refractivity contribution in [1.29, 1.82) is 0 Å². The molecule has 2 saturated carbocycles. The van der Waals surface area contributed by atoms with E-state index in [1.165, 1.54) is 4.90 Å². The minimum atomic E-state index is -3.92. The Bertz CT molecular complexity index is 2440. The highest BCUT2D eigenvalue weighted by Crippen LogP contribution is 2.46. The fourth-order valence-corrected chi connectivity index (χ4v) is 9.41. The van der Waals surface area contributed by atoms with Gasteiger partial charge in [0.2, 0.25) is 21.8 Å². The van der Waals surface area contributed by atoms with Gasteiger partial charge in [-0.05, 0) is 96.9 Å². The molecule has 8 rings (SSSR count). The number of carbonyl (C=O) groups is 4. The first-order valence-corrected chi connectivity index (χ1v) is 22.0. The summed E-state index contributed by atoms with van der Waals surface area (Å²) >= 11 is 0. The largest absolute Gasteiger partial charge is 0.484 e. The Hall–Kier alpha value is -5.38. The molecule has 4 aliphatic rings. The van der Waals surface area contributed by atoms with Gasteiger partial charge in [0, 0.05) is 23.8 Å². The monoisotopic (exact) mass is 829 g/mol. The molecule has 2 aliphatic carbocycles. The van der Waals surface area contributed by atoms with Gasteiger partial charge in [-0.2, -0.15) is 0 Å². The van der Waals surface area contributed by atoms with Gasteiger partial charge < -0.3 is 33.8 Å². The Morgan fingerprint density at radius 2 is 1.81 bits per heavy atom. The van der Waals surface area contributed by atoms with Crippen LogP contribution in [0.2, 0.25) is 0 Å². The number of alkyl carbamates (subject to hydrolysis) is 1. The van der Waals surface area contributed by atoms with Gasteiger partial charge >= 0.3 is 6.09 Å². The van der Waals surface area contributed by atoms with Crippen LogP contribution in [-0.2, 0) is 29.1 Å². The molecular weight excluding hydrogens is 779 g/mol. The van der Waals surface area contributed by atoms with Crippen molar-refractivity contribution in [2.45, 2.75) is 127 Å². The molecule has 5 atom stereocenters. The standard InChI is InChI=1S/C43H51N5O10S/c1-24-19-34(55-25(24)2)31-21-35(37-36(44-31)29-14-11-12-16-33(29)57-37)56-27-20-32-38(49)46-43(40(51)47-59(53,54)28-17-18-28)22-26(43)13-9-7-6-8-10-15-30(39(50)48(32)23-27)45-41(52)58-42(3,4)5/h9,11-14,16,19,21,26-28,30,32H,6-8,10,15,17-18,20,22-23H2,1-5H3,(H,45,52)(H,46,49)(H,47,51)/b13-9-/t26-,27-,30+,32+,43-/m1/s1. The lowest BCUT2D eigenvalue weighted by Gasteiger charge is -2.30. The molecule has 3 N–H and O–H groups in total. The van der Waals surface area contributed by atoms with E-state index in [4.69, 9.17) is 23.3 Å². The molecule has 2 aliphatic heterocycles. The van der Waals surface area contributed by atoms with E-state index in [1.807, 2.05) is 56.3 Å². The lowest BCUT2D eigenvalue weighted by Crippen LogP contribution is -2.58. The van der Waals surface area contributed by atoms with Crippen LogP contribution in [0.15, 0.2) is 57.4 Å². The number of ether oxygens (including phenoxy) is 2. The van der Waals surface area contributed by atoms with Gasteiger partial charge in [0.25, 0.3) is 5.91 Å². The number of fused-ring (bicyclic) bond motifs is 5. The average molecular weight is 830 g/mol. The molecule has 0 unspecified atom stereocenters. The Labute approximate surface area is 342 Å². The fraction of sp³-hybridized carbons (Fsp3) is 0.512. The zero-order chi connectivity index (χ0) is 41.9. The van der Waals surface area contributed by atoms with Crippen LogP contribution < -0.4 is 20.1 Å². The molecule has 3 aromatic heterocycles. The molecule has 15 nitrogen and oxygen atoms in total. The summed E-state index contributed by atoms with van der Waals surface area (Å²) in [5, 5.41) is 5.78. The number of furan rings is 2. The normalized spacial score (nSPS) is 25.9. The zero-order valence-electron chi connectivity index (χ0n) is 34.0. The number of hydrogen-bond acceptors (Lipinski definition) is 11. The Kier molecular flexibility index (Phi) is 10.5. The second-order valence-electron chi connectivity index (χ2n) is 17.3. The highest BCUT2D eigenvalue weighted by molar-refractivity contribution is 7.91. The molecule has 0 radical (unpaired) electrons. The number of aromatic nitrogens is 1. The summed E-state index contributed by atoms with van der Waals surface area (Å²) in [7, 11) is -3.92. The van der Waals surface area contributed by atoms with E-state index < -0.39 is 74.3 Å². The maximum absolute atomic E-state index is 14.7. The van der Waals surface area contributed by atoms with Gasteiger partial charge in [0.1, 0.15) is 51.9 Å². The zero-order valence-corrected chi connectivity index (χ0v) is 34.8. The molecule has 0 spiro atoms. The number of sulfonamides is 1. The van der Waals surface area contributed by atoms with Gasteiger partial charge in [-0.15, -0.1) is 0 Å². The van der Waals surface area contributed by atoms with Crippen LogP contribution in [0.3, 0.4) is 0 Å². The van der Waals surface area contributed by atoms with Crippen LogP contribution in [-0.4, -0.2) is 83.2 Å². The summed E-state index contributed by atoms with van der Waals surface area (Å²) in [6.07, 6.45) is 6.51. The summed E-state index contributed by atoms with van der Waals surface area (Å²) in [5.41, 5.74) is 0.608. The number of para-hydroxylation sites is 1. The van der Waals surface area contributed by atoms with Crippen molar-refractivity contribution in [3.8, 4) is 17.2 Å². The Balaban J connectivity index is 1.15. The van der Waals surface area contributed by atoms with Crippen molar-refractivity contribution in [2.75, 3.05) is 6.54 Å². The molecule has 4 amide bonds. The average Bonchev–Trinajstić information content (AvgIpc) is 4.03. The number of rotatable bonds is 7. The third kappa shape index (κ3) is 8.41. The van der Waals surface area contributed by atoms with Crippen LogP contribution in [0.4, 0.5) is 4.79 Å². The predicted octanol–water partition coefficient (Wildman–Crippen LogP) is 6.10. The number of hydrogen-bond donors (Lipinski definition) is 3. The summed E-state index contributed by atoms with van der Waals surface area (Å²) in [6.45, 7) is 8.94. The molecule has 1 aromatic carbocycles. The summed E-state index contributed by atoms with van der Waals surface area (Å²) < 4.78 is 52.7. The van der Waals surface area contributed by atoms with Crippen LogP contribution >= 0.6 is 0 Å². The molecule has 1 saturated heterocycles. The van der Waals surface area contributed by atoms with Crippen LogP contribution in [0, 0.1) is 19.8 Å². The fourth-order valence-electron chi connectivity index (χ4n) is 8.04. The first kappa shape index (κ1) is 40.4. The van der Waals surface area contributed by atoms with Gasteiger partial charge in [-0.1, -0.05) is 37.1 Å². The first-order valence-electron chi connectivity index (χ1n) is 20.4. The van der Waals surface area contributed by atoms with E-state index in [0.29, 0.717) is 66.0 Å². The second kappa shape index (κ2) is 15.3. The highest BCUT2D eigenvalue weighted by atomic mass is 32.2. The number of benzene rings is 1. The second-order valence-corrected chi connectivity index (χ2v) is 19.3. The lowest BCUT2D eigenvalue weighted by molar-refractivity contribution is -0.141. The maximum Gasteiger partial charge on any atom is 0.408 e. The summed E-state index contributed by atoms with van der Waals surface area (Å²) in [6, 6.07) is 8.89. The van der Waals surface area contributed by atoms with E-state index in [2.05, 4.69) is 15.4 Å². The van der Waals surface area contributed by atoms with Crippen molar-refractivity contribution in [3.63, 3.8) is 0 Å². The van der Waals surface area contributed by atoms with Crippen molar-refractivity contribution in [2.24, 2.45) is 5.92 Å². The van der Waals surface area contributed by atoms with E-state index in [0.717, 1.165) is 29.6 Å². The van der Waals surface area contributed by atoms with Gasteiger partial charge in [0.15, 0.2) is 17.1 Å². The van der Waals surface area contributed by atoms with Crippen molar-refractivity contribution in [1.82, 2.24) is 25.2 Å². The minimum Gasteiger partial charge on any atom is -0.484 e. The molecule has 314 valence electrons. The third-order valence-electron chi connectivity index (χ3n) is 11.5. The van der Waals surface area contributed by atoms with E-state index in [-0.39, 0.29) is 19.4 Å². The van der Waals surface area contributed by atoms with E-state index in [1.54, 1.807) is 26.8 Å². The van der Waals surface area contributed by atoms with E-state index >= 15 is 0 Å². The van der Waals surface area contributed by atoms with Crippen molar-refractivity contribution >= 4 is 55.9 Å². The Morgan fingerprint density at radius 1 is 1.03 bits per heavy atom. The maximum atomic E-state index is 14.7. The third-order valence-corrected chi connectivity index (χ3v) is 13.4. The highest BCUT2D eigenvalue weighted by Gasteiger charge is 2.62.